The molecule has 0 saturated carbocycles. The van der Waals surface area contributed by atoms with Gasteiger partial charge in [-0.15, -0.1) is 0 Å². The Balaban J connectivity index is 2.59. The minimum absolute atomic E-state index is 0.913. The van der Waals surface area contributed by atoms with Gasteiger partial charge in [-0.05, 0) is 18.6 Å². The van der Waals surface area contributed by atoms with Crippen molar-refractivity contribution >= 4 is 11.6 Å². The van der Waals surface area contributed by atoms with Crippen LogP contribution in [0, 0.1) is 0 Å². The van der Waals surface area contributed by atoms with Crippen LogP contribution >= 0.6 is 11.6 Å². The Labute approximate surface area is 60.0 Å². The molecule has 0 aliphatic heterocycles. The lowest BCUT2D eigenvalue weighted by Crippen LogP contribution is -1.90. The molecule has 1 nitrogen and oxygen atoms in total. The number of hydrogen-bond donors (Lipinski definition) is 0. The number of hydrogen-bond acceptors (Lipinski definition) is 1. The largest absolute Gasteiger partial charge is 0.501 e. The minimum atomic E-state index is 0.913. The Morgan fingerprint density at radius 1 is 1.44 bits per heavy atom. The van der Waals surface area contributed by atoms with Gasteiger partial charge in [-0.2, -0.15) is 0 Å². The van der Waals surface area contributed by atoms with Crippen molar-refractivity contribution in [3.8, 4) is 0 Å². The van der Waals surface area contributed by atoms with Crippen molar-refractivity contribution in [2.45, 2.75) is 12.8 Å². The maximum absolute atomic E-state index is 5.70. The first-order chi connectivity index (χ1) is 4.33. The van der Waals surface area contributed by atoms with Crippen LogP contribution in [-0.2, 0) is 4.74 Å². The van der Waals surface area contributed by atoms with Gasteiger partial charge in [0.1, 0.15) is 0 Å². The highest BCUT2D eigenvalue weighted by Gasteiger charge is 2.02. The van der Waals surface area contributed by atoms with Crippen LogP contribution in [0.5, 0.6) is 0 Å². The first kappa shape index (κ1) is 6.69. The fourth-order valence-corrected chi connectivity index (χ4v) is 0.920. The third-order valence-electron chi connectivity index (χ3n) is 1.32. The zero-order valence-electron chi connectivity index (χ0n) is 5.36. The van der Waals surface area contributed by atoms with Gasteiger partial charge < -0.3 is 4.74 Å². The van der Waals surface area contributed by atoms with Crippen LogP contribution in [0.4, 0.5) is 0 Å². The monoisotopic (exact) mass is 144 g/mol. The minimum Gasteiger partial charge on any atom is -0.501 e. The molecule has 0 aromatic heterocycles. The maximum Gasteiger partial charge on any atom is 0.0959 e. The summed E-state index contributed by atoms with van der Waals surface area (Å²) in [4.78, 5) is 0. The van der Waals surface area contributed by atoms with Crippen molar-refractivity contribution in [1.29, 1.82) is 0 Å². The Hall–Kier alpha value is -0.430. The SMILES string of the molecule is COC1=CC=C(Cl)CC1. The van der Waals surface area contributed by atoms with Crippen molar-refractivity contribution in [2.75, 3.05) is 7.11 Å². The molecule has 0 amide bonds. The molecule has 1 aliphatic carbocycles. The van der Waals surface area contributed by atoms with E-state index in [9.17, 15) is 0 Å². The summed E-state index contributed by atoms with van der Waals surface area (Å²) in [6, 6.07) is 0. The fraction of sp³-hybridized carbons (Fsp3) is 0.429. The van der Waals surface area contributed by atoms with Gasteiger partial charge in [0.05, 0.1) is 12.9 Å². The van der Waals surface area contributed by atoms with E-state index in [0.29, 0.717) is 0 Å². The van der Waals surface area contributed by atoms with Crippen molar-refractivity contribution in [3.63, 3.8) is 0 Å². The Morgan fingerprint density at radius 3 is 2.67 bits per heavy atom. The maximum atomic E-state index is 5.70. The Morgan fingerprint density at radius 2 is 2.22 bits per heavy atom. The number of methoxy groups -OCH3 is 1. The molecule has 0 atom stereocenters. The quantitative estimate of drug-likeness (QED) is 0.549. The molecule has 0 fully saturated rings. The van der Waals surface area contributed by atoms with Crippen molar-refractivity contribution in [3.05, 3.63) is 22.9 Å². The lowest BCUT2D eigenvalue weighted by atomic mass is 10.2. The van der Waals surface area contributed by atoms with Crippen LogP contribution < -0.4 is 0 Å². The first-order valence-corrected chi connectivity index (χ1v) is 3.30. The molecule has 50 valence electrons. The van der Waals surface area contributed by atoms with Crippen LogP contribution in [0.25, 0.3) is 0 Å². The predicted molar refractivity (Wildman–Crippen MR) is 38.3 cm³/mol. The standard InChI is InChI=1S/C7H9ClO/c1-9-7-4-2-6(8)3-5-7/h2,4H,3,5H2,1H3. The molecule has 0 bridgehead atoms. The van der Waals surface area contributed by atoms with Gasteiger partial charge in [-0.25, -0.2) is 0 Å². The molecule has 2 heteroatoms. The second kappa shape index (κ2) is 2.92. The van der Waals surface area contributed by atoms with Crippen molar-refractivity contribution in [1.82, 2.24) is 0 Å². The van der Waals surface area contributed by atoms with Crippen LogP contribution in [-0.4, -0.2) is 7.11 Å². The van der Waals surface area contributed by atoms with E-state index in [1.54, 1.807) is 7.11 Å². The molecule has 1 aliphatic rings. The van der Waals surface area contributed by atoms with Gasteiger partial charge in [0, 0.05) is 11.5 Å². The number of halogens is 1. The molecule has 0 spiro atoms. The van der Waals surface area contributed by atoms with E-state index >= 15 is 0 Å². The van der Waals surface area contributed by atoms with Crippen LogP contribution in [0.3, 0.4) is 0 Å². The fourth-order valence-electron chi connectivity index (χ4n) is 0.763. The zero-order chi connectivity index (χ0) is 6.69. The molecular formula is C7H9ClO. The average molecular weight is 145 g/mol. The number of allylic oxidation sites excluding steroid dienone is 4. The molecule has 0 saturated heterocycles. The summed E-state index contributed by atoms with van der Waals surface area (Å²) in [6.45, 7) is 0. The summed E-state index contributed by atoms with van der Waals surface area (Å²) in [6.07, 6.45) is 5.64. The Kier molecular flexibility index (Phi) is 2.17. The lowest BCUT2D eigenvalue weighted by molar-refractivity contribution is 0.276. The van der Waals surface area contributed by atoms with Crippen LogP contribution in [0.2, 0.25) is 0 Å². The van der Waals surface area contributed by atoms with Gasteiger partial charge in [0.2, 0.25) is 0 Å². The summed E-state index contributed by atoms with van der Waals surface area (Å²) < 4.78 is 5.00. The van der Waals surface area contributed by atoms with Crippen molar-refractivity contribution in [2.24, 2.45) is 0 Å². The summed E-state index contributed by atoms with van der Waals surface area (Å²) >= 11 is 5.70. The highest BCUT2D eigenvalue weighted by atomic mass is 35.5. The molecule has 1 rings (SSSR count). The molecule has 0 N–H and O–H groups in total. The molecule has 0 radical (unpaired) electrons. The molecule has 0 aromatic carbocycles. The number of rotatable bonds is 1. The lowest BCUT2D eigenvalue weighted by Gasteiger charge is -2.08. The van der Waals surface area contributed by atoms with Crippen LogP contribution in [0.1, 0.15) is 12.8 Å². The third kappa shape index (κ3) is 1.75. The Bertz CT molecular complexity index is 158. The summed E-state index contributed by atoms with van der Waals surface area (Å²) in [5.74, 6) is 1.01. The summed E-state index contributed by atoms with van der Waals surface area (Å²) in [5.41, 5.74) is 0. The molecule has 9 heavy (non-hydrogen) atoms. The van der Waals surface area contributed by atoms with Gasteiger partial charge in [-0.3, -0.25) is 0 Å². The summed E-state index contributed by atoms with van der Waals surface area (Å²) in [5, 5.41) is 0.913. The van der Waals surface area contributed by atoms with Crippen LogP contribution in [0.15, 0.2) is 22.9 Å². The molecule has 0 aromatic rings. The van der Waals surface area contributed by atoms with E-state index in [1.807, 2.05) is 12.2 Å². The van der Waals surface area contributed by atoms with Gasteiger partial charge in [0.15, 0.2) is 0 Å². The molecule has 0 unspecified atom stereocenters. The van der Waals surface area contributed by atoms with E-state index in [-0.39, 0.29) is 0 Å². The van der Waals surface area contributed by atoms with E-state index in [0.717, 1.165) is 23.6 Å². The van der Waals surface area contributed by atoms with E-state index in [4.69, 9.17) is 16.3 Å². The first-order valence-electron chi connectivity index (χ1n) is 2.92. The van der Waals surface area contributed by atoms with Gasteiger partial charge >= 0.3 is 0 Å². The van der Waals surface area contributed by atoms with Gasteiger partial charge in [-0.1, -0.05) is 11.6 Å². The second-order valence-corrected chi connectivity index (χ2v) is 2.44. The molecule has 0 heterocycles. The number of ether oxygens (including phenoxy) is 1. The second-order valence-electron chi connectivity index (χ2n) is 1.95. The average Bonchev–Trinajstić information content (AvgIpc) is 1.90. The van der Waals surface area contributed by atoms with E-state index in [2.05, 4.69) is 0 Å². The normalized spacial score (nSPS) is 18.4. The van der Waals surface area contributed by atoms with E-state index < -0.39 is 0 Å². The smallest absolute Gasteiger partial charge is 0.0959 e. The topological polar surface area (TPSA) is 9.23 Å². The third-order valence-corrected chi connectivity index (χ3v) is 1.64. The zero-order valence-corrected chi connectivity index (χ0v) is 6.11. The molecular weight excluding hydrogens is 136 g/mol. The summed E-state index contributed by atoms with van der Waals surface area (Å²) in [7, 11) is 1.68. The van der Waals surface area contributed by atoms with Crippen molar-refractivity contribution < 1.29 is 4.74 Å². The predicted octanol–water partition coefficient (Wildman–Crippen LogP) is 2.43. The van der Waals surface area contributed by atoms with Gasteiger partial charge in [0.25, 0.3) is 0 Å². The highest BCUT2D eigenvalue weighted by molar-refractivity contribution is 6.29. The van der Waals surface area contributed by atoms with E-state index in [1.165, 1.54) is 0 Å². The highest BCUT2D eigenvalue weighted by Crippen LogP contribution is 2.20.